The predicted octanol–water partition coefficient (Wildman–Crippen LogP) is 13.4. The van der Waals surface area contributed by atoms with Gasteiger partial charge in [-0.1, -0.05) is 84.9 Å². The van der Waals surface area contributed by atoms with E-state index in [0.717, 1.165) is 0 Å². The highest BCUT2D eigenvalue weighted by molar-refractivity contribution is 6.46. The molecule has 0 heteroatoms. The molecule has 0 saturated heterocycles. The van der Waals surface area contributed by atoms with Crippen molar-refractivity contribution in [1.29, 1.82) is 0 Å². The van der Waals surface area contributed by atoms with E-state index in [2.05, 4.69) is 125 Å². The van der Waals surface area contributed by atoms with Crippen molar-refractivity contribution in [3.8, 4) is 0 Å². The molecule has 0 aromatic heterocycles. The monoisotopic (exact) mass is 580 g/mol. The van der Waals surface area contributed by atoms with Crippen LogP contribution in [0, 0.1) is 27.7 Å². The molecule has 0 unspecified atom stereocenters. The van der Waals surface area contributed by atoms with E-state index in [1.807, 2.05) is 0 Å². The fourth-order valence-corrected chi connectivity index (χ4v) is 10.2. The first-order valence-electron chi connectivity index (χ1n) is 16.5. The third-order valence-corrected chi connectivity index (χ3v) is 12.1. The molecule has 0 bridgehead atoms. The number of fused-ring (bicyclic) bond motifs is 12. The third kappa shape index (κ3) is 2.40. The van der Waals surface area contributed by atoms with Crippen molar-refractivity contribution in [3.63, 3.8) is 0 Å². The fraction of sp³-hybridized carbons (Fsp3) is 0.0870. The first-order chi connectivity index (χ1) is 22.5. The van der Waals surface area contributed by atoms with Crippen molar-refractivity contribution >= 4 is 118 Å². The van der Waals surface area contributed by atoms with Gasteiger partial charge in [-0.15, -0.1) is 0 Å². The number of hydrogen-bond donors (Lipinski definition) is 0. The number of hydrogen-bond acceptors (Lipinski definition) is 0. The maximum atomic E-state index is 2.51. The van der Waals surface area contributed by atoms with Gasteiger partial charge in [-0.25, -0.2) is 0 Å². The minimum atomic E-state index is 1.35. The Morgan fingerprint density at radius 2 is 0.543 bits per heavy atom. The van der Waals surface area contributed by atoms with Crippen molar-refractivity contribution in [2.75, 3.05) is 0 Å². The van der Waals surface area contributed by atoms with Crippen molar-refractivity contribution in [2.24, 2.45) is 0 Å². The molecule has 12 aromatic carbocycles. The van der Waals surface area contributed by atoms with E-state index in [1.165, 1.54) is 141 Å². The van der Waals surface area contributed by atoms with Crippen molar-refractivity contribution in [3.05, 3.63) is 119 Å². The maximum absolute atomic E-state index is 2.51. The first-order valence-corrected chi connectivity index (χ1v) is 16.5. The van der Waals surface area contributed by atoms with Crippen LogP contribution in [0.4, 0.5) is 0 Å². The van der Waals surface area contributed by atoms with Gasteiger partial charge in [-0.2, -0.15) is 0 Å². The molecule has 0 nitrogen and oxygen atoms in total. The smallest absolute Gasteiger partial charge is 0.00138 e. The Kier molecular flexibility index (Phi) is 3.89. The molecule has 0 heterocycles. The van der Waals surface area contributed by atoms with Crippen LogP contribution in [0.3, 0.4) is 0 Å². The Balaban J connectivity index is 1.28. The van der Waals surface area contributed by atoms with Crippen LogP contribution >= 0.6 is 0 Å². The van der Waals surface area contributed by atoms with Gasteiger partial charge < -0.3 is 0 Å². The molecule has 0 spiro atoms. The highest BCUT2D eigenvalue weighted by atomic mass is 14.3. The molecule has 0 atom stereocenters. The molecule has 0 radical (unpaired) electrons. The minimum Gasteiger partial charge on any atom is -0.0610 e. The SMILES string of the molecule is Cc1ccc2c3c(C)c4c(cc3c3cccc1c32)c1ccc2c3c(C)c5c(cc3c3ccc4c1c32)c1cccc2c(C)ccc5c21. The molecule has 0 aliphatic carbocycles. The fourth-order valence-electron chi connectivity index (χ4n) is 10.2. The highest BCUT2D eigenvalue weighted by Crippen LogP contribution is 2.53. The Morgan fingerprint density at radius 1 is 0.239 bits per heavy atom. The zero-order valence-electron chi connectivity index (χ0n) is 26.2. The van der Waals surface area contributed by atoms with Crippen LogP contribution in [0.5, 0.6) is 0 Å². The average molecular weight is 581 g/mol. The maximum Gasteiger partial charge on any atom is -0.00138 e. The van der Waals surface area contributed by atoms with Crippen LogP contribution in [0.2, 0.25) is 0 Å². The van der Waals surface area contributed by atoms with E-state index < -0.39 is 0 Å². The lowest BCUT2D eigenvalue weighted by molar-refractivity contribution is 1.55. The summed E-state index contributed by atoms with van der Waals surface area (Å²) >= 11 is 0. The van der Waals surface area contributed by atoms with Crippen molar-refractivity contribution in [1.82, 2.24) is 0 Å². The number of aryl methyl sites for hydroxylation is 4. The Bertz CT molecular complexity index is 3090. The zero-order valence-corrected chi connectivity index (χ0v) is 26.2. The number of rotatable bonds is 0. The van der Waals surface area contributed by atoms with Crippen LogP contribution in [-0.4, -0.2) is 0 Å². The second-order valence-corrected chi connectivity index (χ2v) is 14.1. The summed E-state index contributed by atoms with van der Waals surface area (Å²) in [5.41, 5.74) is 5.52. The standard InChI is InChI=1S/C46H28/c1-21-11-13-31-39-23(3)41-33-17-16-30-38-20-36-28-10-6-8-26-22(2)12-14-32(44(26)28)40(36)24(4)42(38)34-18-15-29(45(33)46(30)34)37(41)19-35(39)27-9-5-7-25(21)43(27)31/h5-20H,1-4H3. The largest absolute Gasteiger partial charge is 0.0610 e. The molecular weight excluding hydrogens is 553 g/mol. The summed E-state index contributed by atoms with van der Waals surface area (Å²) in [6.45, 7) is 9.21. The summed E-state index contributed by atoms with van der Waals surface area (Å²) in [7, 11) is 0. The molecule has 0 saturated carbocycles. The van der Waals surface area contributed by atoms with E-state index >= 15 is 0 Å². The second-order valence-electron chi connectivity index (χ2n) is 14.1. The predicted molar refractivity (Wildman–Crippen MR) is 203 cm³/mol. The van der Waals surface area contributed by atoms with Gasteiger partial charge in [0, 0.05) is 0 Å². The molecule has 12 rings (SSSR count). The van der Waals surface area contributed by atoms with Crippen LogP contribution in [0.25, 0.3) is 118 Å². The molecule has 0 aliphatic heterocycles. The molecule has 12 aromatic rings. The summed E-state index contributed by atoms with van der Waals surface area (Å²) in [4.78, 5) is 0. The molecule has 0 amide bonds. The van der Waals surface area contributed by atoms with Crippen LogP contribution < -0.4 is 0 Å². The molecule has 0 fully saturated rings. The van der Waals surface area contributed by atoms with E-state index in [-0.39, 0.29) is 0 Å². The summed E-state index contributed by atoms with van der Waals surface area (Å²) in [6.07, 6.45) is 0. The average Bonchev–Trinajstić information content (AvgIpc) is 3.78. The second kappa shape index (κ2) is 7.49. The topological polar surface area (TPSA) is 0 Å². The molecule has 0 aliphatic rings. The minimum absolute atomic E-state index is 1.35. The lowest BCUT2D eigenvalue weighted by atomic mass is 9.99. The first kappa shape index (κ1) is 23.9. The number of benzene rings is 8. The van der Waals surface area contributed by atoms with Crippen LogP contribution in [0.15, 0.2) is 97.1 Å². The lowest BCUT2D eigenvalue weighted by Gasteiger charge is -2.05. The van der Waals surface area contributed by atoms with Gasteiger partial charge in [0.05, 0.1) is 0 Å². The van der Waals surface area contributed by atoms with E-state index in [9.17, 15) is 0 Å². The molecule has 212 valence electrons. The van der Waals surface area contributed by atoms with Crippen LogP contribution in [-0.2, 0) is 0 Å². The van der Waals surface area contributed by atoms with Crippen LogP contribution in [0.1, 0.15) is 22.3 Å². The summed E-state index contributed by atoms with van der Waals surface area (Å²) in [5.74, 6) is 0. The van der Waals surface area contributed by atoms with Gasteiger partial charge in [0.1, 0.15) is 0 Å². The Hall–Kier alpha value is -5.46. The Labute approximate surface area is 264 Å². The summed E-state index contributed by atoms with van der Waals surface area (Å²) in [6, 6.07) is 37.8. The van der Waals surface area contributed by atoms with Gasteiger partial charge in [0.15, 0.2) is 0 Å². The normalized spacial score (nSPS) is 13.2. The molecule has 0 N–H and O–H groups in total. The lowest BCUT2D eigenvalue weighted by Crippen LogP contribution is -1.79. The zero-order chi connectivity index (χ0) is 30.3. The van der Waals surface area contributed by atoms with Gasteiger partial charge in [-0.3, -0.25) is 0 Å². The molecule has 46 heavy (non-hydrogen) atoms. The summed E-state index contributed by atoms with van der Waals surface area (Å²) < 4.78 is 0. The van der Waals surface area contributed by atoms with Crippen molar-refractivity contribution < 1.29 is 0 Å². The van der Waals surface area contributed by atoms with Gasteiger partial charge >= 0.3 is 0 Å². The van der Waals surface area contributed by atoms with E-state index in [1.54, 1.807) is 0 Å². The molecular formula is C46H28. The quantitative estimate of drug-likeness (QED) is 0.167. The summed E-state index contributed by atoms with van der Waals surface area (Å²) in [5, 5.41) is 30.8. The van der Waals surface area contributed by atoms with Gasteiger partial charge in [-0.05, 0) is 181 Å². The van der Waals surface area contributed by atoms with E-state index in [0.29, 0.717) is 0 Å². The van der Waals surface area contributed by atoms with Gasteiger partial charge in [0.2, 0.25) is 0 Å². The third-order valence-electron chi connectivity index (χ3n) is 12.1. The Morgan fingerprint density at radius 3 is 0.957 bits per heavy atom. The van der Waals surface area contributed by atoms with Gasteiger partial charge in [0.25, 0.3) is 0 Å². The highest BCUT2D eigenvalue weighted by Gasteiger charge is 2.25. The van der Waals surface area contributed by atoms with Crippen molar-refractivity contribution in [2.45, 2.75) is 27.7 Å². The van der Waals surface area contributed by atoms with E-state index in [4.69, 9.17) is 0 Å².